The van der Waals surface area contributed by atoms with Crippen LogP contribution in [0.25, 0.3) is 16.6 Å². The molecule has 0 amide bonds. The highest BCUT2D eigenvalue weighted by atomic mass is 32.1. The van der Waals surface area contributed by atoms with Crippen molar-refractivity contribution in [1.29, 1.82) is 0 Å². The van der Waals surface area contributed by atoms with Crippen LogP contribution in [0.1, 0.15) is 17.3 Å². The highest BCUT2D eigenvalue weighted by Crippen LogP contribution is 2.28. The number of ether oxygens (including phenoxy) is 1. The summed E-state index contributed by atoms with van der Waals surface area (Å²) in [5.74, 6) is -0.526. The summed E-state index contributed by atoms with van der Waals surface area (Å²) in [6.45, 7) is 1.95. The lowest BCUT2D eigenvalue weighted by molar-refractivity contribution is 0.0528. The molecule has 30 heavy (non-hydrogen) atoms. The summed E-state index contributed by atoms with van der Waals surface area (Å²) in [7, 11) is 1.59. The number of esters is 1. The number of fused-ring (bicyclic) bond motifs is 3. The van der Waals surface area contributed by atoms with E-state index >= 15 is 0 Å². The summed E-state index contributed by atoms with van der Waals surface area (Å²) in [6, 6.07) is 14.7. The Morgan fingerprint density at radius 1 is 1.20 bits per heavy atom. The number of aryl methyl sites for hydroxylation is 1. The molecule has 152 valence electrons. The topological polar surface area (TPSA) is 94.9 Å². The van der Waals surface area contributed by atoms with Crippen molar-refractivity contribution in [2.75, 3.05) is 11.5 Å². The zero-order valence-electron chi connectivity index (χ0n) is 16.4. The van der Waals surface area contributed by atoms with Gasteiger partial charge in [-0.15, -0.1) is 0 Å². The molecule has 0 atom stereocenters. The molecule has 0 bridgehead atoms. The first-order valence-corrected chi connectivity index (χ1v) is 9.67. The number of carbonyl (C=O) groups excluding carboxylic acids is 1. The molecule has 0 fully saturated rings. The van der Waals surface area contributed by atoms with E-state index in [2.05, 4.69) is 5.10 Å². The summed E-state index contributed by atoms with van der Waals surface area (Å²) < 4.78 is 8.03. The molecule has 0 aliphatic rings. The molecule has 4 rings (SSSR count). The number of hydrogen-bond donors (Lipinski definition) is 1. The maximum absolute atomic E-state index is 13.1. The molecular formula is C21H19N5O3S. The number of rotatable bonds is 4. The lowest BCUT2D eigenvalue weighted by Crippen LogP contribution is -2.31. The van der Waals surface area contributed by atoms with E-state index in [1.54, 1.807) is 41.6 Å². The van der Waals surface area contributed by atoms with Crippen LogP contribution in [0.5, 0.6) is 0 Å². The fourth-order valence-electron chi connectivity index (χ4n) is 3.47. The Morgan fingerprint density at radius 2 is 1.93 bits per heavy atom. The van der Waals surface area contributed by atoms with Gasteiger partial charge < -0.3 is 10.5 Å². The minimum absolute atomic E-state index is 0.155. The van der Waals surface area contributed by atoms with E-state index in [-0.39, 0.29) is 22.8 Å². The van der Waals surface area contributed by atoms with Crippen LogP contribution in [-0.4, -0.2) is 31.9 Å². The fraction of sp³-hybridized carbons (Fsp3) is 0.143. The number of aromatic nitrogens is 3. The molecule has 0 aliphatic heterocycles. The molecule has 0 aliphatic carbocycles. The van der Waals surface area contributed by atoms with Gasteiger partial charge in [0.05, 0.1) is 23.7 Å². The first-order valence-electron chi connectivity index (χ1n) is 9.26. The van der Waals surface area contributed by atoms with Crippen LogP contribution in [0.15, 0.2) is 59.5 Å². The van der Waals surface area contributed by atoms with Crippen molar-refractivity contribution in [2.45, 2.75) is 6.92 Å². The lowest BCUT2D eigenvalue weighted by Gasteiger charge is -2.23. The molecule has 4 aromatic rings. The minimum atomic E-state index is -0.526. The van der Waals surface area contributed by atoms with E-state index < -0.39 is 5.97 Å². The van der Waals surface area contributed by atoms with E-state index in [9.17, 15) is 9.59 Å². The number of thiocarbonyl (C=S) groups is 1. The van der Waals surface area contributed by atoms with Gasteiger partial charge in [-0.25, -0.2) is 9.31 Å². The van der Waals surface area contributed by atoms with Crippen molar-refractivity contribution >= 4 is 51.2 Å². The Morgan fingerprint density at radius 3 is 2.60 bits per heavy atom. The number of nitrogens with zero attached hydrogens (tertiary/aromatic N) is 4. The van der Waals surface area contributed by atoms with Crippen molar-refractivity contribution in [1.82, 2.24) is 14.2 Å². The lowest BCUT2D eigenvalue weighted by atomic mass is 10.2. The average Bonchev–Trinajstić information content (AvgIpc) is 3.18. The number of carbonyl (C=O) groups is 1. The molecule has 0 saturated heterocycles. The van der Waals surface area contributed by atoms with Crippen LogP contribution >= 0.6 is 12.2 Å². The van der Waals surface area contributed by atoms with Crippen molar-refractivity contribution < 1.29 is 9.53 Å². The van der Waals surface area contributed by atoms with Gasteiger partial charge in [-0.2, -0.15) is 5.10 Å². The zero-order valence-corrected chi connectivity index (χ0v) is 17.2. The zero-order chi connectivity index (χ0) is 21.4. The normalized spacial score (nSPS) is 11.0. The van der Waals surface area contributed by atoms with Crippen molar-refractivity contribution in [2.24, 2.45) is 12.8 Å². The van der Waals surface area contributed by atoms with Crippen molar-refractivity contribution in [3.63, 3.8) is 0 Å². The second kappa shape index (κ2) is 7.60. The SMILES string of the molecule is CCOC(=O)c1cnn2c3ccc(N(C(N)=S)c4ccccc4)cc3c(=O)n(C)c12. The standard InChI is InChI=1S/C21H19N5O3S/c1-3-29-20(28)16-12-23-26-17-10-9-14(11-15(17)19(27)24(2)18(16)26)25(21(22)30)13-7-5-4-6-8-13/h4-12H,3H2,1-2H3,(H2,22,30). The van der Waals surface area contributed by atoms with Crippen LogP contribution < -0.4 is 16.2 Å². The van der Waals surface area contributed by atoms with E-state index in [4.69, 9.17) is 22.7 Å². The average molecular weight is 421 g/mol. The Hall–Kier alpha value is -3.72. The second-order valence-corrected chi connectivity index (χ2v) is 7.01. The van der Waals surface area contributed by atoms with Crippen LogP contribution in [0, 0.1) is 0 Å². The molecule has 2 aromatic heterocycles. The van der Waals surface area contributed by atoms with E-state index in [0.29, 0.717) is 22.2 Å². The number of hydrogen-bond acceptors (Lipinski definition) is 5. The maximum atomic E-state index is 13.1. The molecule has 9 heteroatoms. The smallest absolute Gasteiger partial charge is 0.343 e. The number of nitrogens with two attached hydrogens (primary N) is 1. The third kappa shape index (κ3) is 3.09. The van der Waals surface area contributed by atoms with Crippen molar-refractivity contribution in [3.8, 4) is 0 Å². The van der Waals surface area contributed by atoms with Gasteiger partial charge in [0, 0.05) is 18.4 Å². The molecule has 0 unspecified atom stereocenters. The van der Waals surface area contributed by atoms with Gasteiger partial charge >= 0.3 is 5.97 Å². The third-order valence-corrected chi connectivity index (χ3v) is 4.98. The molecule has 0 saturated carbocycles. The largest absolute Gasteiger partial charge is 0.462 e. The Kier molecular flexibility index (Phi) is 4.96. The van der Waals surface area contributed by atoms with Gasteiger partial charge in [0.1, 0.15) is 5.56 Å². The van der Waals surface area contributed by atoms with Crippen LogP contribution in [0.4, 0.5) is 11.4 Å². The summed E-state index contributed by atoms with van der Waals surface area (Å²) in [5, 5.41) is 4.88. The number of para-hydroxylation sites is 1. The first kappa shape index (κ1) is 19.6. The molecule has 2 heterocycles. The quantitative estimate of drug-likeness (QED) is 0.400. The van der Waals surface area contributed by atoms with Gasteiger partial charge in [0.25, 0.3) is 5.56 Å². The van der Waals surface area contributed by atoms with Gasteiger partial charge in [-0.05, 0) is 49.5 Å². The highest BCUT2D eigenvalue weighted by molar-refractivity contribution is 7.80. The van der Waals surface area contributed by atoms with Crippen LogP contribution in [0.3, 0.4) is 0 Å². The second-order valence-electron chi connectivity index (χ2n) is 6.59. The summed E-state index contributed by atoms with van der Waals surface area (Å²) >= 11 is 5.25. The predicted molar refractivity (Wildman–Crippen MR) is 119 cm³/mol. The summed E-state index contributed by atoms with van der Waals surface area (Å²) in [6.07, 6.45) is 1.41. The van der Waals surface area contributed by atoms with E-state index in [1.807, 2.05) is 30.3 Å². The summed E-state index contributed by atoms with van der Waals surface area (Å²) in [4.78, 5) is 27.1. The Bertz CT molecular complexity index is 1340. The van der Waals surface area contributed by atoms with Gasteiger partial charge in [-0.1, -0.05) is 18.2 Å². The van der Waals surface area contributed by atoms with Crippen molar-refractivity contribution in [3.05, 3.63) is 70.6 Å². The molecule has 2 N–H and O–H groups in total. The summed E-state index contributed by atoms with van der Waals surface area (Å²) in [5.41, 5.74) is 8.29. The monoisotopic (exact) mass is 421 g/mol. The molecular weight excluding hydrogens is 402 g/mol. The molecule has 0 radical (unpaired) electrons. The molecule has 0 spiro atoms. The van der Waals surface area contributed by atoms with E-state index in [0.717, 1.165) is 5.69 Å². The number of benzene rings is 2. The first-order chi connectivity index (χ1) is 14.4. The number of anilines is 2. The van der Waals surface area contributed by atoms with Gasteiger partial charge in [0.15, 0.2) is 10.8 Å². The Balaban J connectivity index is 1.95. The highest BCUT2D eigenvalue weighted by Gasteiger charge is 2.21. The fourth-order valence-corrected chi connectivity index (χ4v) is 3.68. The maximum Gasteiger partial charge on any atom is 0.343 e. The van der Waals surface area contributed by atoms with E-state index in [1.165, 1.54) is 10.8 Å². The molecule has 8 nitrogen and oxygen atoms in total. The molecule has 2 aromatic carbocycles. The predicted octanol–water partition coefficient (Wildman–Crippen LogP) is 2.74. The van der Waals surface area contributed by atoms with Crippen LogP contribution in [-0.2, 0) is 11.8 Å². The third-order valence-electron chi connectivity index (χ3n) is 4.79. The van der Waals surface area contributed by atoms with Gasteiger partial charge in [-0.3, -0.25) is 14.3 Å². The minimum Gasteiger partial charge on any atom is -0.462 e. The van der Waals surface area contributed by atoms with Crippen LogP contribution in [0.2, 0.25) is 0 Å². The Labute approximate surface area is 177 Å². The van der Waals surface area contributed by atoms with Gasteiger partial charge in [0.2, 0.25) is 0 Å².